The summed E-state index contributed by atoms with van der Waals surface area (Å²) in [6.45, 7) is 4.48. The zero-order chi connectivity index (χ0) is 17.2. The standard InChI is InChI=1S/C16H23N3O4S/c1-17-5-7-18(8-6-17)16(20)14-3-2-4-15(13-14)24(21,22)19-9-11-23-12-10-19/h2-4,13H,5-12H2,1H3. The molecule has 2 heterocycles. The van der Waals surface area contributed by atoms with E-state index in [0.29, 0.717) is 45.0 Å². The molecule has 0 spiro atoms. The SMILES string of the molecule is CN1CCN(C(=O)c2cccc(S(=O)(=O)N3CCOCC3)c2)CC1. The topological polar surface area (TPSA) is 70.2 Å². The quantitative estimate of drug-likeness (QED) is 0.771. The van der Waals surface area contributed by atoms with E-state index in [4.69, 9.17) is 4.74 Å². The molecule has 0 atom stereocenters. The fraction of sp³-hybridized carbons (Fsp3) is 0.562. The molecule has 0 bridgehead atoms. The number of rotatable bonds is 3. The molecule has 0 saturated carbocycles. The Balaban J connectivity index is 1.79. The summed E-state index contributed by atoms with van der Waals surface area (Å²) in [6, 6.07) is 6.35. The van der Waals surface area contributed by atoms with E-state index in [0.717, 1.165) is 13.1 Å². The van der Waals surface area contributed by atoms with E-state index in [1.165, 1.54) is 10.4 Å². The maximum absolute atomic E-state index is 12.7. The molecular formula is C16H23N3O4S. The van der Waals surface area contributed by atoms with Crippen LogP contribution in [0.3, 0.4) is 0 Å². The molecule has 0 aliphatic carbocycles. The van der Waals surface area contributed by atoms with E-state index in [2.05, 4.69) is 4.90 Å². The Morgan fingerprint density at radius 3 is 2.38 bits per heavy atom. The molecule has 1 aromatic carbocycles. The van der Waals surface area contributed by atoms with Gasteiger partial charge in [-0.1, -0.05) is 6.07 Å². The molecule has 2 aliphatic heterocycles. The second-order valence-corrected chi connectivity index (χ2v) is 8.08. The third kappa shape index (κ3) is 3.61. The van der Waals surface area contributed by atoms with Gasteiger partial charge in [0.25, 0.3) is 5.91 Å². The molecule has 8 heteroatoms. The number of carbonyl (C=O) groups is 1. The Morgan fingerprint density at radius 1 is 1.04 bits per heavy atom. The van der Waals surface area contributed by atoms with Gasteiger partial charge in [0.1, 0.15) is 0 Å². The van der Waals surface area contributed by atoms with E-state index in [9.17, 15) is 13.2 Å². The number of carbonyl (C=O) groups excluding carboxylic acids is 1. The highest BCUT2D eigenvalue weighted by molar-refractivity contribution is 7.89. The molecule has 2 saturated heterocycles. The highest BCUT2D eigenvalue weighted by atomic mass is 32.2. The third-order valence-electron chi connectivity index (χ3n) is 4.48. The minimum Gasteiger partial charge on any atom is -0.379 e. The summed E-state index contributed by atoms with van der Waals surface area (Å²) < 4.78 is 32.1. The van der Waals surface area contributed by atoms with Gasteiger partial charge in [-0.15, -0.1) is 0 Å². The zero-order valence-corrected chi connectivity index (χ0v) is 14.7. The number of likely N-dealkylation sites (N-methyl/N-ethyl adjacent to an activating group) is 1. The van der Waals surface area contributed by atoms with Gasteiger partial charge in [0, 0.05) is 44.8 Å². The number of hydrogen-bond donors (Lipinski definition) is 0. The monoisotopic (exact) mass is 353 g/mol. The number of sulfonamides is 1. The Bertz CT molecular complexity index is 693. The largest absolute Gasteiger partial charge is 0.379 e. The van der Waals surface area contributed by atoms with Gasteiger partial charge in [-0.25, -0.2) is 8.42 Å². The van der Waals surface area contributed by atoms with Crippen LogP contribution < -0.4 is 0 Å². The van der Waals surface area contributed by atoms with Crippen LogP contribution in [0, 0.1) is 0 Å². The van der Waals surface area contributed by atoms with Gasteiger partial charge in [0.05, 0.1) is 18.1 Å². The fourth-order valence-corrected chi connectivity index (χ4v) is 4.37. The van der Waals surface area contributed by atoms with Crippen LogP contribution in [-0.4, -0.2) is 88.0 Å². The second-order valence-electron chi connectivity index (χ2n) is 6.14. The van der Waals surface area contributed by atoms with Crippen LogP contribution >= 0.6 is 0 Å². The van der Waals surface area contributed by atoms with Crippen LogP contribution in [0.5, 0.6) is 0 Å². The fourth-order valence-electron chi connectivity index (χ4n) is 2.92. The number of morpholine rings is 1. The van der Waals surface area contributed by atoms with Gasteiger partial charge < -0.3 is 14.5 Å². The molecule has 2 fully saturated rings. The molecule has 1 amide bonds. The van der Waals surface area contributed by atoms with Crippen molar-refractivity contribution in [2.24, 2.45) is 0 Å². The number of piperazine rings is 1. The summed E-state index contributed by atoms with van der Waals surface area (Å²) in [5, 5.41) is 0. The highest BCUT2D eigenvalue weighted by Crippen LogP contribution is 2.19. The van der Waals surface area contributed by atoms with Crippen molar-refractivity contribution in [1.82, 2.24) is 14.1 Å². The summed E-state index contributed by atoms with van der Waals surface area (Å²) in [6.07, 6.45) is 0. The second kappa shape index (κ2) is 7.18. The van der Waals surface area contributed by atoms with Crippen molar-refractivity contribution in [3.63, 3.8) is 0 Å². The lowest BCUT2D eigenvalue weighted by molar-refractivity contribution is 0.0663. The van der Waals surface area contributed by atoms with Gasteiger partial charge in [-0.3, -0.25) is 4.79 Å². The van der Waals surface area contributed by atoms with E-state index in [1.807, 2.05) is 7.05 Å². The molecule has 3 rings (SSSR count). The van der Waals surface area contributed by atoms with Crippen LogP contribution in [0.1, 0.15) is 10.4 Å². The Morgan fingerprint density at radius 2 is 1.71 bits per heavy atom. The summed E-state index contributed by atoms with van der Waals surface area (Å²) in [5.74, 6) is -0.109. The first-order valence-corrected chi connectivity index (χ1v) is 9.58. The van der Waals surface area contributed by atoms with Gasteiger partial charge >= 0.3 is 0 Å². The Labute approximate surface area is 142 Å². The van der Waals surface area contributed by atoms with Crippen molar-refractivity contribution in [3.8, 4) is 0 Å². The van der Waals surface area contributed by atoms with Crippen molar-refractivity contribution in [2.45, 2.75) is 4.90 Å². The normalized spacial score (nSPS) is 21.0. The lowest BCUT2D eigenvalue weighted by atomic mass is 10.2. The van der Waals surface area contributed by atoms with Crippen LogP contribution in [0.4, 0.5) is 0 Å². The molecule has 2 aliphatic rings. The zero-order valence-electron chi connectivity index (χ0n) is 13.8. The first kappa shape index (κ1) is 17.3. The van der Waals surface area contributed by atoms with Crippen LogP contribution in [0.25, 0.3) is 0 Å². The van der Waals surface area contributed by atoms with Crippen molar-refractivity contribution in [1.29, 1.82) is 0 Å². The van der Waals surface area contributed by atoms with Crippen molar-refractivity contribution in [2.75, 3.05) is 59.5 Å². The first-order valence-electron chi connectivity index (χ1n) is 8.14. The first-order chi connectivity index (χ1) is 11.5. The minimum absolute atomic E-state index is 0.109. The van der Waals surface area contributed by atoms with Gasteiger partial charge in [0.2, 0.25) is 10.0 Å². The van der Waals surface area contributed by atoms with Crippen molar-refractivity contribution < 1.29 is 17.9 Å². The van der Waals surface area contributed by atoms with Crippen molar-refractivity contribution >= 4 is 15.9 Å². The van der Waals surface area contributed by atoms with Gasteiger partial charge in [-0.05, 0) is 25.2 Å². The average Bonchev–Trinajstić information content (AvgIpc) is 2.62. The molecule has 0 radical (unpaired) electrons. The summed E-state index contributed by atoms with van der Waals surface area (Å²) in [7, 11) is -1.56. The molecule has 0 N–H and O–H groups in total. The van der Waals surface area contributed by atoms with E-state index >= 15 is 0 Å². The molecule has 7 nitrogen and oxygen atoms in total. The molecule has 24 heavy (non-hydrogen) atoms. The number of nitrogens with zero attached hydrogens (tertiary/aromatic N) is 3. The predicted octanol–water partition coefficient (Wildman–Crippen LogP) is 0.0951. The van der Waals surface area contributed by atoms with Crippen LogP contribution in [0.2, 0.25) is 0 Å². The number of amides is 1. The highest BCUT2D eigenvalue weighted by Gasteiger charge is 2.28. The minimum atomic E-state index is -3.58. The van der Waals surface area contributed by atoms with E-state index in [1.54, 1.807) is 23.1 Å². The summed E-state index contributed by atoms with van der Waals surface area (Å²) in [4.78, 5) is 16.8. The van der Waals surface area contributed by atoms with E-state index < -0.39 is 10.0 Å². The lowest BCUT2D eigenvalue weighted by Gasteiger charge is -2.32. The third-order valence-corrected chi connectivity index (χ3v) is 6.37. The van der Waals surface area contributed by atoms with Crippen LogP contribution in [-0.2, 0) is 14.8 Å². The lowest BCUT2D eigenvalue weighted by Crippen LogP contribution is -2.47. The molecular weight excluding hydrogens is 330 g/mol. The number of hydrogen-bond acceptors (Lipinski definition) is 5. The van der Waals surface area contributed by atoms with E-state index in [-0.39, 0.29) is 10.8 Å². The summed E-state index contributed by atoms with van der Waals surface area (Å²) in [5.41, 5.74) is 0.425. The molecule has 0 aromatic heterocycles. The average molecular weight is 353 g/mol. The van der Waals surface area contributed by atoms with Crippen molar-refractivity contribution in [3.05, 3.63) is 29.8 Å². The molecule has 132 valence electrons. The number of ether oxygens (including phenoxy) is 1. The summed E-state index contributed by atoms with van der Waals surface area (Å²) >= 11 is 0. The van der Waals surface area contributed by atoms with Crippen LogP contribution in [0.15, 0.2) is 29.2 Å². The molecule has 1 aromatic rings. The maximum Gasteiger partial charge on any atom is 0.253 e. The smallest absolute Gasteiger partial charge is 0.253 e. The Kier molecular flexibility index (Phi) is 5.19. The van der Waals surface area contributed by atoms with Gasteiger partial charge in [-0.2, -0.15) is 4.31 Å². The number of benzene rings is 1. The maximum atomic E-state index is 12.7. The van der Waals surface area contributed by atoms with Gasteiger partial charge in [0.15, 0.2) is 0 Å². The molecule has 0 unspecified atom stereocenters. The Hall–Kier alpha value is -1.48. The predicted molar refractivity (Wildman–Crippen MR) is 89.4 cm³/mol.